The molecule has 33 heavy (non-hydrogen) atoms. The summed E-state index contributed by atoms with van der Waals surface area (Å²) in [4.78, 5) is 35.8. The van der Waals surface area contributed by atoms with Crippen LogP contribution in [0.5, 0.6) is 0 Å². The zero-order chi connectivity index (χ0) is 24.7. The summed E-state index contributed by atoms with van der Waals surface area (Å²) >= 11 is 0. The highest BCUT2D eigenvalue weighted by Gasteiger charge is 2.53. The topological polar surface area (TPSA) is 108 Å². The van der Waals surface area contributed by atoms with Crippen LogP contribution >= 0.6 is 0 Å². The largest absolute Gasteiger partial charge is 0.455 e. The van der Waals surface area contributed by atoms with Crippen LogP contribution in [0.1, 0.15) is 67.7 Å². The second kappa shape index (κ2) is 9.47. The molecule has 0 aromatic rings. The van der Waals surface area contributed by atoms with Crippen LogP contribution in [0, 0.1) is 23.2 Å². The Balaban J connectivity index is 1.81. The Bertz CT molecular complexity index is 804. The van der Waals surface area contributed by atoms with Crippen LogP contribution in [0.3, 0.4) is 0 Å². The fraction of sp³-hybridized carbons (Fsp3) is 0.800. The van der Waals surface area contributed by atoms with Crippen LogP contribution in [0.25, 0.3) is 0 Å². The van der Waals surface area contributed by atoms with E-state index in [0.29, 0.717) is 0 Å². The summed E-state index contributed by atoms with van der Waals surface area (Å²) in [6, 6.07) is 0. The summed E-state index contributed by atoms with van der Waals surface area (Å²) in [6.45, 7) is 12.3. The van der Waals surface area contributed by atoms with E-state index in [2.05, 4.69) is 13.0 Å². The van der Waals surface area contributed by atoms with Gasteiger partial charge in [0.15, 0.2) is 24.3 Å². The quantitative estimate of drug-likeness (QED) is 0.616. The predicted octanol–water partition coefficient (Wildman–Crippen LogP) is 2.95. The lowest BCUT2D eigenvalue weighted by atomic mass is 9.56. The number of ether oxygens (including phenoxy) is 4. The Morgan fingerprint density at radius 2 is 1.76 bits per heavy atom. The smallest absolute Gasteiger partial charge is 0.303 e. The summed E-state index contributed by atoms with van der Waals surface area (Å²) in [7, 11) is 0. The van der Waals surface area contributed by atoms with E-state index in [0.717, 1.165) is 19.3 Å². The van der Waals surface area contributed by atoms with E-state index in [-0.39, 0.29) is 29.0 Å². The number of rotatable bonds is 5. The van der Waals surface area contributed by atoms with Crippen LogP contribution in [-0.4, -0.2) is 59.1 Å². The molecule has 0 aromatic heterocycles. The predicted molar refractivity (Wildman–Crippen MR) is 119 cm³/mol. The third kappa shape index (κ3) is 5.33. The number of carbonyl (C=O) groups is 3. The van der Waals surface area contributed by atoms with Gasteiger partial charge in [0.2, 0.25) is 0 Å². The Hall–Kier alpha value is -1.77. The molecule has 3 rings (SSSR count). The summed E-state index contributed by atoms with van der Waals surface area (Å²) in [5, 5.41) is 10.6. The molecule has 0 radical (unpaired) electrons. The lowest BCUT2D eigenvalue weighted by molar-refractivity contribution is -0.327. The van der Waals surface area contributed by atoms with Crippen molar-refractivity contribution in [2.75, 3.05) is 0 Å². The van der Waals surface area contributed by atoms with E-state index >= 15 is 0 Å². The lowest BCUT2D eigenvalue weighted by Gasteiger charge is -2.52. The molecule has 8 nitrogen and oxygen atoms in total. The monoisotopic (exact) mass is 466 g/mol. The van der Waals surface area contributed by atoms with Gasteiger partial charge >= 0.3 is 11.9 Å². The first-order valence-electron chi connectivity index (χ1n) is 11.8. The minimum atomic E-state index is -1.17. The van der Waals surface area contributed by atoms with Crippen LogP contribution in [0.2, 0.25) is 0 Å². The van der Waals surface area contributed by atoms with Gasteiger partial charge in [-0.15, -0.1) is 0 Å². The van der Waals surface area contributed by atoms with Crippen LogP contribution < -0.4 is 0 Å². The zero-order valence-corrected chi connectivity index (χ0v) is 20.7. The van der Waals surface area contributed by atoms with E-state index in [1.165, 1.54) is 13.8 Å². The number of hydrogen-bond acceptors (Lipinski definition) is 8. The van der Waals surface area contributed by atoms with E-state index < -0.39 is 48.2 Å². The van der Waals surface area contributed by atoms with Gasteiger partial charge in [0.05, 0.1) is 11.7 Å². The minimum Gasteiger partial charge on any atom is -0.455 e. The number of allylic oxidation sites excluding steroid dienone is 2. The molecular weight excluding hydrogens is 428 g/mol. The molecule has 0 unspecified atom stereocenters. The molecule has 2 aliphatic carbocycles. The van der Waals surface area contributed by atoms with Crippen molar-refractivity contribution in [3.8, 4) is 0 Å². The van der Waals surface area contributed by atoms with Gasteiger partial charge in [-0.05, 0) is 63.4 Å². The second-order valence-electron chi connectivity index (χ2n) is 10.7. The molecule has 0 amide bonds. The van der Waals surface area contributed by atoms with Crippen LogP contribution in [0.15, 0.2) is 12.2 Å². The normalized spacial score (nSPS) is 41.3. The highest BCUT2D eigenvalue weighted by molar-refractivity contribution is 5.92. The molecule has 186 valence electrons. The van der Waals surface area contributed by atoms with Crippen molar-refractivity contribution in [2.45, 2.75) is 104 Å². The molecule has 3 aliphatic rings. The summed E-state index contributed by atoms with van der Waals surface area (Å²) in [6.07, 6.45) is 1.35. The van der Waals surface area contributed by atoms with Crippen LogP contribution in [-0.2, 0) is 33.3 Å². The van der Waals surface area contributed by atoms with Crippen molar-refractivity contribution >= 4 is 17.7 Å². The standard InChI is InChI=1S/C25H38O8/c1-13-18-12-17(8-10-25(18,7)11-9-19(13)28)24(5,6)33-23-22(32-16(4)27)21(31-15(3)26)20(29)14(2)30-23/h9,11,13-14,17-18,20-23,29H,8,10,12H2,1-7H3/t13-,14-,17+,18-,20-,21+,22+,23-,25-/m0/s1. The van der Waals surface area contributed by atoms with E-state index in [1.807, 2.05) is 20.8 Å². The fourth-order valence-corrected chi connectivity index (χ4v) is 5.72. The van der Waals surface area contributed by atoms with Gasteiger partial charge in [-0.3, -0.25) is 14.4 Å². The van der Waals surface area contributed by atoms with Gasteiger partial charge in [0.25, 0.3) is 0 Å². The van der Waals surface area contributed by atoms with Gasteiger partial charge < -0.3 is 24.1 Å². The molecule has 1 saturated carbocycles. The average molecular weight is 467 g/mol. The maximum atomic E-state index is 12.3. The molecule has 1 heterocycles. The highest BCUT2D eigenvalue weighted by Crippen LogP contribution is 2.53. The molecule has 0 bridgehead atoms. The van der Waals surface area contributed by atoms with Gasteiger partial charge in [-0.1, -0.05) is 19.9 Å². The van der Waals surface area contributed by atoms with Gasteiger partial charge in [-0.25, -0.2) is 0 Å². The van der Waals surface area contributed by atoms with Crippen LogP contribution in [0.4, 0.5) is 0 Å². The van der Waals surface area contributed by atoms with E-state index in [1.54, 1.807) is 13.0 Å². The highest BCUT2D eigenvalue weighted by atomic mass is 16.7. The first kappa shape index (κ1) is 25.8. The Kier molecular flexibility index (Phi) is 7.42. The minimum absolute atomic E-state index is 0.0133. The summed E-state index contributed by atoms with van der Waals surface area (Å²) < 4.78 is 23.1. The molecule has 1 N–H and O–H groups in total. The SMILES string of the molecule is CC(=O)O[C@@H]1[C@@H](O)[C@H](C)O[C@@H](OC(C)(C)[C@@H]2CC[C@@]3(C)C=CC(=O)[C@@H](C)[C@@H]3C2)[C@@H]1OC(C)=O. The number of esters is 2. The summed E-state index contributed by atoms with van der Waals surface area (Å²) in [5.41, 5.74) is -0.697. The number of aliphatic hydroxyl groups excluding tert-OH is 1. The van der Waals surface area contributed by atoms with Gasteiger partial charge in [0, 0.05) is 19.8 Å². The molecular formula is C25H38O8. The molecule has 0 spiro atoms. The third-order valence-electron chi connectivity index (χ3n) is 7.86. The molecule has 9 atom stereocenters. The van der Waals surface area contributed by atoms with Crippen molar-refractivity contribution in [3.63, 3.8) is 0 Å². The van der Waals surface area contributed by atoms with Crippen molar-refractivity contribution in [3.05, 3.63) is 12.2 Å². The Labute approximate surface area is 196 Å². The third-order valence-corrected chi connectivity index (χ3v) is 7.86. The molecule has 1 aliphatic heterocycles. The average Bonchev–Trinajstić information content (AvgIpc) is 2.70. The van der Waals surface area contributed by atoms with Gasteiger partial charge in [-0.2, -0.15) is 0 Å². The van der Waals surface area contributed by atoms with E-state index in [9.17, 15) is 19.5 Å². The lowest BCUT2D eigenvalue weighted by Crippen LogP contribution is -2.62. The molecule has 0 aromatic carbocycles. The molecule has 2 fully saturated rings. The number of fused-ring (bicyclic) bond motifs is 1. The number of ketones is 1. The van der Waals surface area contributed by atoms with E-state index in [4.69, 9.17) is 18.9 Å². The first-order chi connectivity index (χ1) is 15.2. The number of hydrogen-bond donors (Lipinski definition) is 1. The van der Waals surface area contributed by atoms with Crippen molar-refractivity contribution in [1.82, 2.24) is 0 Å². The first-order valence-corrected chi connectivity index (χ1v) is 11.8. The summed E-state index contributed by atoms with van der Waals surface area (Å²) in [5.74, 6) is -0.741. The fourth-order valence-electron chi connectivity index (χ4n) is 5.72. The maximum Gasteiger partial charge on any atom is 0.303 e. The second-order valence-corrected chi connectivity index (χ2v) is 10.7. The van der Waals surface area contributed by atoms with Gasteiger partial charge in [0.1, 0.15) is 6.10 Å². The molecule has 8 heteroatoms. The van der Waals surface area contributed by atoms with Crippen molar-refractivity contribution in [1.29, 1.82) is 0 Å². The van der Waals surface area contributed by atoms with Crippen molar-refractivity contribution < 1.29 is 38.4 Å². The Morgan fingerprint density at radius 1 is 1.15 bits per heavy atom. The number of aliphatic hydroxyl groups is 1. The molecule has 1 saturated heterocycles. The Morgan fingerprint density at radius 3 is 2.36 bits per heavy atom. The van der Waals surface area contributed by atoms with Crippen molar-refractivity contribution in [2.24, 2.45) is 23.2 Å². The maximum absolute atomic E-state index is 12.3. The number of carbonyl (C=O) groups excluding carboxylic acids is 3. The zero-order valence-electron chi connectivity index (χ0n) is 20.7.